The first-order valence-corrected chi connectivity index (χ1v) is 10.4. The number of fused-ring (bicyclic) bond motifs is 1. The SMILES string of the molecule is CN1CC/C(=N/NC(=S)N2CCN(c3cccc(C(F)(F)F)c3)CC2)c2ncccc21. The Morgan fingerprint density at radius 2 is 1.87 bits per heavy atom. The number of halogens is 3. The zero-order valence-electron chi connectivity index (χ0n) is 17.1. The van der Waals surface area contributed by atoms with E-state index in [2.05, 4.69) is 20.4 Å². The van der Waals surface area contributed by atoms with Gasteiger partial charge in [-0.05, 0) is 42.5 Å². The number of hydrogen-bond acceptors (Lipinski definition) is 5. The molecular weight excluding hydrogens is 425 g/mol. The predicted octanol–water partition coefficient (Wildman–Crippen LogP) is 3.34. The zero-order chi connectivity index (χ0) is 22.0. The number of aromatic nitrogens is 1. The van der Waals surface area contributed by atoms with E-state index in [0.717, 1.165) is 36.1 Å². The van der Waals surface area contributed by atoms with Gasteiger partial charge in [-0.2, -0.15) is 18.3 Å². The topological polar surface area (TPSA) is 47.0 Å². The normalized spacial score (nSPS) is 18.2. The van der Waals surface area contributed by atoms with E-state index in [4.69, 9.17) is 12.2 Å². The number of rotatable bonds is 2. The Balaban J connectivity index is 1.36. The first kappa shape index (κ1) is 21.4. The lowest BCUT2D eigenvalue weighted by Crippen LogP contribution is -2.51. The summed E-state index contributed by atoms with van der Waals surface area (Å²) in [7, 11) is 2.03. The molecular formula is C21H23F3N6S. The minimum absolute atomic E-state index is 0.507. The lowest BCUT2D eigenvalue weighted by molar-refractivity contribution is -0.137. The third-order valence-corrected chi connectivity index (χ3v) is 5.90. The molecule has 1 aromatic heterocycles. The molecule has 0 radical (unpaired) electrons. The third kappa shape index (κ3) is 4.73. The highest BCUT2D eigenvalue weighted by Crippen LogP contribution is 2.32. The van der Waals surface area contributed by atoms with Gasteiger partial charge in [-0.1, -0.05) is 6.07 Å². The van der Waals surface area contributed by atoms with E-state index in [1.54, 1.807) is 12.3 Å². The molecule has 2 aliphatic heterocycles. The lowest BCUT2D eigenvalue weighted by atomic mass is 10.1. The number of nitrogens with one attached hydrogen (secondary N) is 1. The lowest BCUT2D eigenvalue weighted by Gasteiger charge is -2.37. The molecule has 0 bridgehead atoms. The molecule has 31 heavy (non-hydrogen) atoms. The van der Waals surface area contributed by atoms with Crippen molar-refractivity contribution in [1.29, 1.82) is 0 Å². The van der Waals surface area contributed by atoms with Crippen LogP contribution in [0.4, 0.5) is 24.5 Å². The van der Waals surface area contributed by atoms with Crippen molar-refractivity contribution in [3.05, 3.63) is 53.9 Å². The summed E-state index contributed by atoms with van der Waals surface area (Å²) in [6, 6.07) is 9.36. The molecule has 0 saturated carbocycles. The van der Waals surface area contributed by atoms with Crippen LogP contribution < -0.4 is 15.2 Å². The van der Waals surface area contributed by atoms with Crippen molar-refractivity contribution >= 4 is 34.4 Å². The van der Waals surface area contributed by atoms with Crippen molar-refractivity contribution < 1.29 is 13.2 Å². The summed E-state index contributed by atoms with van der Waals surface area (Å²) in [5.74, 6) is 0. The number of alkyl halides is 3. The smallest absolute Gasteiger partial charge is 0.372 e. The number of anilines is 2. The molecule has 3 heterocycles. The second kappa shape index (κ2) is 8.70. The fourth-order valence-corrected chi connectivity index (χ4v) is 4.01. The van der Waals surface area contributed by atoms with Gasteiger partial charge in [0.15, 0.2) is 5.11 Å². The van der Waals surface area contributed by atoms with Gasteiger partial charge < -0.3 is 14.7 Å². The summed E-state index contributed by atoms with van der Waals surface area (Å²) in [4.78, 5) is 10.5. The van der Waals surface area contributed by atoms with Crippen molar-refractivity contribution in [2.24, 2.45) is 5.10 Å². The first-order valence-electron chi connectivity index (χ1n) is 10.0. The Morgan fingerprint density at radius 3 is 2.61 bits per heavy atom. The molecule has 1 fully saturated rings. The van der Waals surface area contributed by atoms with Gasteiger partial charge in [0.25, 0.3) is 0 Å². The maximum Gasteiger partial charge on any atom is 0.416 e. The molecule has 2 aromatic rings. The van der Waals surface area contributed by atoms with Crippen LogP contribution >= 0.6 is 12.2 Å². The van der Waals surface area contributed by atoms with Gasteiger partial charge in [0, 0.05) is 58.1 Å². The van der Waals surface area contributed by atoms with Crippen LogP contribution in [0.3, 0.4) is 0 Å². The van der Waals surface area contributed by atoms with E-state index in [9.17, 15) is 13.2 Å². The molecule has 1 N–H and O–H groups in total. The molecule has 6 nitrogen and oxygen atoms in total. The minimum atomic E-state index is -4.34. The maximum atomic E-state index is 13.0. The van der Waals surface area contributed by atoms with E-state index in [1.807, 2.05) is 29.0 Å². The van der Waals surface area contributed by atoms with E-state index >= 15 is 0 Å². The molecule has 0 aliphatic carbocycles. The van der Waals surface area contributed by atoms with E-state index in [1.165, 1.54) is 12.1 Å². The summed E-state index contributed by atoms with van der Waals surface area (Å²) >= 11 is 5.50. The number of pyridine rings is 1. The molecule has 1 saturated heterocycles. The standard InChI is InChI=1S/C21H23F3N6S/c1-28-9-7-17(19-18(28)6-3-8-25-19)26-27-20(31)30-12-10-29(11-13-30)16-5-2-4-15(14-16)21(22,23)24/h2-6,8,14H,7,9-13H2,1H3,(H,27,31)/b26-17-. The summed E-state index contributed by atoms with van der Waals surface area (Å²) < 4.78 is 39.0. The number of nitrogens with zero attached hydrogens (tertiary/aromatic N) is 5. The molecule has 0 unspecified atom stereocenters. The zero-order valence-corrected chi connectivity index (χ0v) is 17.9. The van der Waals surface area contributed by atoms with E-state index < -0.39 is 11.7 Å². The minimum Gasteiger partial charge on any atom is -0.372 e. The van der Waals surface area contributed by atoms with Crippen LogP contribution in [0, 0.1) is 0 Å². The number of hydrazone groups is 1. The third-order valence-electron chi connectivity index (χ3n) is 5.55. The fourth-order valence-electron chi connectivity index (χ4n) is 3.78. The Kier molecular flexibility index (Phi) is 5.99. The Bertz CT molecular complexity index is 985. The highest BCUT2D eigenvalue weighted by molar-refractivity contribution is 7.80. The van der Waals surface area contributed by atoms with Crippen molar-refractivity contribution in [1.82, 2.24) is 15.3 Å². The van der Waals surface area contributed by atoms with Crippen LogP contribution in [0.5, 0.6) is 0 Å². The summed E-state index contributed by atoms with van der Waals surface area (Å²) in [5, 5.41) is 5.01. The second-order valence-corrected chi connectivity index (χ2v) is 7.93. The summed E-state index contributed by atoms with van der Waals surface area (Å²) in [6.45, 7) is 3.21. The van der Waals surface area contributed by atoms with Crippen LogP contribution in [0.15, 0.2) is 47.7 Å². The van der Waals surface area contributed by atoms with Gasteiger partial charge in [0.1, 0.15) is 5.69 Å². The van der Waals surface area contributed by atoms with Crippen LogP contribution in [-0.4, -0.2) is 60.5 Å². The van der Waals surface area contributed by atoms with Crippen molar-refractivity contribution in [2.45, 2.75) is 12.6 Å². The molecule has 0 atom stereocenters. The number of thiocarbonyl (C=S) groups is 1. The highest BCUT2D eigenvalue weighted by Gasteiger charge is 2.31. The van der Waals surface area contributed by atoms with Gasteiger partial charge in [-0.3, -0.25) is 10.4 Å². The predicted molar refractivity (Wildman–Crippen MR) is 120 cm³/mol. The number of hydrogen-bond donors (Lipinski definition) is 1. The molecule has 0 spiro atoms. The Hall–Kier alpha value is -2.88. The van der Waals surface area contributed by atoms with Crippen molar-refractivity contribution in [3.8, 4) is 0 Å². The number of piperazine rings is 1. The quantitative estimate of drug-likeness (QED) is 0.562. The van der Waals surface area contributed by atoms with E-state index in [0.29, 0.717) is 37.0 Å². The van der Waals surface area contributed by atoms with Crippen LogP contribution in [0.1, 0.15) is 17.7 Å². The van der Waals surface area contributed by atoms with Crippen LogP contribution in [0.25, 0.3) is 0 Å². The molecule has 2 aliphatic rings. The fraction of sp³-hybridized carbons (Fsp3) is 0.381. The van der Waals surface area contributed by atoms with Crippen molar-refractivity contribution in [3.63, 3.8) is 0 Å². The molecule has 164 valence electrons. The van der Waals surface area contributed by atoms with Gasteiger partial charge in [0.05, 0.1) is 17.0 Å². The average molecular weight is 449 g/mol. The van der Waals surface area contributed by atoms with Crippen LogP contribution in [0.2, 0.25) is 0 Å². The van der Waals surface area contributed by atoms with Gasteiger partial charge >= 0.3 is 6.18 Å². The highest BCUT2D eigenvalue weighted by atomic mass is 32.1. The van der Waals surface area contributed by atoms with E-state index in [-0.39, 0.29) is 0 Å². The monoisotopic (exact) mass is 448 g/mol. The Labute approximate surface area is 184 Å². The van der Waals surface area contributed by atoms with Crippen molar-refractivity contribution in [2.75, 3.05) is 49.6 Å². The van der Waals surface area contributed by atoms with Gasteiger partial charge in [-0.15, -0.1) is 0 Å². The Morgan fingerprint density at radius 1 is 1.10 bits per heavy atom. The summed E-state index contributed by atoms with van der Waals surface area (Å²) in [6.07, 6.45) is -1.83. The number of benzene rings is 1. The molecule has 0 amide bonds. The molecule has 1 aromatic carbocycles. The summed E-state index contributed by atoms with van der Waals surface area (Å²) in [5.41, 5.74) is 5.67. The molecule has 4 rings (SSSR count). The average Bonchev–Trinajstić information content (AvgIpc) is 2.78. The van der Waals surface area contributed by atoms with Gasteiger partial charge in [0.2, 0.25) is 0 Å². The largest absolute Gasteiger partial charge is 0.416 e. The first-order chi connectivity index (χ1) is 14.8. The maximum absolute atomic E-state index is 13.0. The molecule has 10 heteroatoms. The van der Waals surface area contributed by atoms with Crippen LogP contribution in [-0.2, 0) is 6.18 Å². The second-order valence-electron chi connectivity index (χ2n) is 7.54. The van der Waals surface area contributed by atoms with Gasteiger partial charge in [-0.25, -0.2) is 0 Å².